The third kappa shape index (κ3) is 2.94. The van der Waals surface area contributed by atoms with Crippen molar-refractivity contribution in [3.05, 3.63) is 0 Å². The van der Waals surface area contributed by atoms with E-state index in [1.807, 2.05) is 0 Å². The molecule has 70 valence electrons. The molecule has 1 atom stereocenters. The Bertz CT molecular complexity index is 177. The average Bonchev–Trinajstić information content (AvgIpc) is 1.91. The molecule has 1 aliphatic carbocycles. The normalized spacial score (nSPS) is 29.3. The van der Waals surface area contributed by atoms with Gasteiger partial charge in [0.25, 0.3) is 0 Å². The molecular weight excluding hydrogens is 148 g/mol. The highest BCUT2D eigenvalue weighted by Crippen LogP contribution is 2.21. The van der Waals surface area contributed by atoms with Gasteiger partial charge in [-0.05, 0) is 25.2 Å². The maximum absolute atomic E-state index is 4.70. The summed E-state index contributed by atoms with van der Waals surface area (Å²) in [5.41, 5.74) is 1.42. The zero-order valence-electron chi connectivity index (χ0n) is 8.80. The predicted octanol–water partition coefficient (Wildman–Crippen LogP) is 2.26. The van der Waals surface area contributed by atoms with Gasteiger partial charge in [-0.15, -0.1) is 0 Å². The highest BCUT2D eigenvalue weighted by Gasteiger charge is 2.19. The first-order valence-corrected chi connectivity index (χ1v) is 4.89. The van der Waals surface area contributed by atoms with E-state index in [4.69, 9.17) is 5.10 Å². The minimum Gasteiger partial charge on any atom is -0.205 e. The van der Waals surface area contributed by atoms with Gasteiger partial charge in [-0.3, -0.25) is 0 Å². The second-order valence-electron chi connectivity index (χ2n) is 4.68. The zero-order chi connectivity index (χ0) is 9.19. The Labute approximate surface area is 75.9 Å². The van der Waals surface area contributed by atoms with Gasteiger partial charge >= 0.3 is 0 Å². The summed E-state index contributed by atoms with van der Waals surface area (Å²) in [7, 11) is 6.36. The second-order valence-corrected chi connectivity index (χ2v) is 4.68. The summed E-state index contributed by atoms with van der Waals surface area (Å²) in [5, 5.41) is 4.70. The quantitative estimate of drug-likeness (QED) is 0.422. The number of rotatable bonds is 1. The van der Waals surface area contributed by atoms with Gasteiger partial charge < -0.3 is 0 Å². The molecule has 1 fully saturated rings. The van der Waals surface area contributed by atoms with E-state index in [1.165, 1.54) is 31.4 Å². The molecule has 0 aromatic carbocycles. The number of quaternary nitrogens is 1. The molecule has 0 aliphatic heterocycles. The molecule has 1 saturated carbocycles. The van der Waals surface area contributed by atoms with Crippen molar-refractivity contribution in [2.75, 3.05) is 21.1 Å². The van der Waals surface area contributed by atoms with Crippen LogP contribution in [0.2, 0.25) is 0 Å². The molecule has 0 heterocycles. The van der Waals surface area contributed by atoms with Crippen LogP contribution in [0.4, 0.5) is 0 Å². The van der Waals surface area contributed by atoms with Crippen molar-refractivity contribution in [2.24, 2.45) is 11.0 Å². The van der Waals surface area contributed by atoms with Crippen LogP contribution in [0, 0.1) is 5.92 Å². The lowest BCUT2D eigenvalue weighted by atomic mass is 9.89. The van der Waals surface area contributed by atoms with Crippen LogP contribution in [0.1, 0.15) is 32.6 Å². The molecule has 0 aromatic heterocycles. The first-order valence-electron chi connectivity index (χ1n) is 4.89. The largest absolute Gasteiger partial charge is 0.205 e. The summed E-state index contributed by atoms with van der Waals surface area (Å²) in [6.45, 7) is 2.30. The molecule has 2 heteroatoms. The van der Waals surface area contributed by atoms with Crippen LogP contribution < -0.4 is 0 Å². The number of hydrogen-bond donors (Lipinski definition) is 0. The van der Waals surface area contributed by atoms with E-state index >= 15 is 0 Å². The van der Waals surface area contributed by atoms with Gasteiger partial charge in [-0.1, -0.05) is 18.4 Å². The second kappa shape index (κ2) is 3.56. The molecule has 1 aliphatic rings. The fourth-order valence-electron chi connectivity index (χ4n) is 1.70. The summed E-state index contributed by atoms with van der Waals surface area (Å²) in [4.78, 5) is 0. The Morgan fingerprint density at radius 3 is 2.42 bits per heavy atom. The van der Waals surface area contributed by atoms with E-state index < -0.39 is 0 Å². The van der Waals surface area contributed by atoms with E-state index in [2.05, 4.69) is 28.1 Å². The first-order chi connectivity index (χ1) is 5.49. The summed E-state index contributed by atoms with van der Waals surface area (Å²) in [6.07, 6.45) is 5.27. The van der Waals surface area contributed by atoms with Crippen LogP contribution in [0.5, 0.6) is 0 Å². The van der Waals surface area contributed by atoms with Crippen molar-refractivity contribution in [3.8, 4) is 0 Å². The van der Waals surface area contributed by atoms with Gasteiger partial charge in [0, 0.05) is 0 Å². The monoisotopic (exact) mass is 169 g/mol. The third-order valence-corrected chi connectivity index (χ3v) is 2.32. The van der Waals surface area contributed by atoms with E-state index in [1.54, 1.807) is 0 Å². The van der Waals surface area contributed by atoms with Crippen molar-refractivity contribution in [1.82, 2.24) is 0 Å². The van der Waals surface area contributed by atoms with Crippen molar-refractivity contribution >= 4 is 5.71 Å². The van der Waals surface area contributed by atoms with Gasteiger partial charge in [-0.2, -0.15) is 0 Å². The zero-order valence-corrected chi connectivity index (χ0v) is 8.80. The summed E-state index contributed by atoms with van der Waals surface area (Å²) in [6, 6.07) is 0. The van der Waals surface area contributed by atoms with Gasteiger partial charge in [0.15, 0.2) is 0 Å². The Balaban J connectivity index is 2.65. The highest BCUT2D eigenvalue weighted by atomic mass is 15.6. The maximum Gasteiger partial charge on any atom is 0.0923 e. The molecule has 0 amide bonds. The van der Waals surface area contributed by atoms with E-state index in [0.29, 0.717) is 0 Å². The van der Waals surface area contributed by atoms with Crippen molar-refractivity contribution in [3.63, 3.8) is 0 Å². The van der Waals surface area contributed by atoms with Crippen molar-refractivity contribution in [2.45, 2.75) is 32.6 Å². The number of nitrogens with zero attached hydrogens (tertiary/aromatic N) is 2. The molecule has 2 nitrogen and oxygen atoms in total. The SMILES string of the molecule is CC1CCCCC1=N[N+](C)(C)C. The molecule has 0 aromatic rings. The van der Waals surface area contributed by atoms with Crippen molar-refractivity contribution < 1.29 is 4.59 Å². The van der Waals surface area contributed by atoms with E-state index in [-0.39, 0.29) is 0 Å². The fraction of sp³-hybridized carbons (Fsp3) is 0.900. The molecule has 0 N–H and O–H groups in total. The van der Waals surface area contributed by atoms with Gasteiger partial charge in [0.1, 0.15) is 0 Å². The smallest absolute Gasteiger partial charge is 0.0923 e. The fourth-order valence-corrected chi connectivity index (χ4v) is 1.70. The summed E-state index contributed by atoms with van der Waals surface area (Å²) >= 11 is 0. The van der Waals surface area contributed by atoms with Crippen LogP contribution in [0.25, 0.3) is 0 Å². The van der Waals surface area contributed by atoms with Crippen LogP contribution in [0.15, 0.2) is 5.10 Å². The van der Waals surface area contributed by atoms with Gasteiger partial charge in [-0.25, -0.2) is 4.59 Å². The van der Waals surface area contributed by atoms with Crippen LogP contribution in [0.3, 0.4) is 0 Å². The Morgan fingerprint density at radius 1 is 1.25 bits per heavy atom. The van der Waals surface area contributed by atoms with Crippen LogP contribution in [-0.4, -0.2) is 31.4 Å². The third-order valence-electron chi connectivity index (χ3n) is 2.32. The van der Waals surface area contributed by atoms with E-state index in [0.717, 1.165) is 10.5 Å². The van der Waals surface area contributed by atoms with Gasteiger partial charge in [0.2, 0.25) is 0 Å². The molecule has 1 rings (SSSR count). The molecule has 12 heavy (non-hydrogen) atoms. The lowest BCUT2D eigenvalue weighted by Crippen LogP contribution is -2.31. The lowest BCUT2D eigenvalue weighted by molar-refractivity contribution is -0.877. The molecule has 0 saturated heterocycles. The Hall–Kier alpha value is -0.370. The maximum atomic E-state index is 4.70. The molecule has 0 bridgehead atoms. The molecule has 1 unspecified atom stereocenters. The van der Waals surface area contributed by atoms with E-state index in [9.17, 15) is 0 Å². The predicted molar refractivity (Wildman–Crippen MR) is 53.1 cm³/mol. The molecule has 0 radical (unpaired) electrons. The van der Waals surface area contributed by atoms with Gasteiger partial charge in [0.05, 0.1) is 26.9 Å². The first kappa shape index (κ1) is 9.72. The topological polar surface area (TPSA) is 12.4 Å². The molecular formula is C10H21N2+. The minimum absolute atomic E-state index is 0.719. The standard InChI is InChI=1S/C10H21N2/c1-9-7-5-6-8-10(9)11-12(2,3)4/h9H,5-8H2,1-4H3/q+1. The lowest BCUT2D eigenvalue weighted by Gasteiger charge is -2.24. The van der Waals surface area contributed by atoms with Crippen LogP contribution in [-0.2, 0) is 0 Å². The Morgan fingerprint density at radius 2 is 1.92 bits per heavy atom. The summed E-state index contributed by atoms with van der Waals surface area (Å²) < 4.78 is 0.722. The molecule has 0 spiro atoms. The Kier molecular flexibility index (Phi) is 2.89. The summed E-state index contributed by atoms with van der Waals surface area (Å²) in [5.74, 6) is 0.719. The highest BCUT2D eigenvalue weighted by molar-refractivity contribution is 5.86. The average molecular weight is 169 g/mol. The van der Waals surface area contributed by atoms with Crippen molar-refractivity contribution in [1.29, 1.82) is 0 Å². The van der Waals surface area contributed by atoms with Crippen LogP contribution >= 0.6 is 0 Å². The minimum atomic E-state index is 0.719. The number of hydrogen-bond acceptors (Lipinski definition) is 1.